The fraction of sp³-hybridized carbons (Fsp3) is 0.714. The molecule has 0 aromatic heterocycles. The first-order valence-electron chi connectivity index (χ1n) is 20.4. The minimum Gasteiger partial charge on any atom is -0.462 e. The van der Waals surface area contributed by atoms with E-state index in [0.29, 0.717) is 12.8 Å². The van der Waals surface area contributed by atoms with Gasteiger partial charge in [-0.3, -0.25) is 9.59 Å². The first kappa shape index (κ1) is 50.3. The second kappa shape index (κ2) is 30.3. The largest absolute Gasteiger partial charge is 0.462 e. The van der Waals surface area contributed by atoms with Crippen LogP contribution in [0.2, 0.25) is 0 Å². The molecule has 7 N–H and O–H groups in total. The van der Waals surface area contributed by atoms with Crippen LogP contribution in [-0.2, 0) is 38.0 Å². The van der Waals surface area contributed by atoms with Crippen LogP contribution in [0.4, 0.5) is 0 Å². The first-order chi connectivity index (χ1) is 27.5. The molecule has 2 saturated heterocycles. The fourth-order valence-electron chi connectivity index (χ4n) is 5.88. The SMILES string of the molecule is CC/C=C\C/C=C\C/C=C\C/C=C\C/C=C\CC(=O)OC(COC(=O)CCCCCCCC)COC1OC(COC2OC(CO)C(O)C(O)C2O)C(O)C(O)C1O. The molecule has 2 rings (SSSR count). The van der Waals surface area contributed by atoms with Gasteiger partial charge in [0.05, 0.1) is 26.2 Å². The van der Waals surface area contributed by atoms with Crippen molar-refractivity contribution in [3.8, 4) is 0 Å². The Bertz CT molecular complexity index is 1230. The summed E-state index contributed by atoms with van der Waals surface area (Å²) in [5.41, 5.74) is 0. The molecule has 0 aliphatic carbocycles. The molecular weight excluding hydrogens is 744 g/mol. The number of aliphatic hydroxyl groups is 7. The van der Waals surface area contributed by atoms with E-state index in [9.17, 15) is 45.3 Å². The van der Waals surface area contributed by atoms with Gasteiger partial charge in [-0.05, 0) is 38.5 Å². The number of carbonyl (C=O) groups is 2. The van der Waals surface area contributed by atoms with E-state index in [1.165, 1.54) is 0 Å². The van der Waals surface area contributed by atoms with E-state index in [-0.39, 0.29) is 19.4 Å². The number of aliphatic hydroxyl groups excluding tert-OH is 7. The lowest BCUT2D eigenvalue weighted by atomic mass is 9.98. The van der Waals surface area contributed by atoms with Gasteiger partial charge in [0.1, 0.15) is 55.4 Å². The summed E-state index contributed by atoms with van der Waals surface area (Å²) in [6.45, 7) is 2.24. The lowest BCUT2D eigenvalue weighted by Crippen LogP contribution is -2.61. The summed E-state index contributed by atoms with van der Waals surface area (Å²) in [7, 11) is 0. The molecule has 2 fully saturated rings. The maximum absolute atomic E-state index is 12.8. The number of hydrogen-bond donors (Lipinski definition) is 7. The van der Waals surface area contributed by atoms with E-state index in [1.807, 2.05) is 18.2 Å². The van der Waals surface area contributed by atoms with Gasteiger partial charge in [0.25, 0.3) is 0 Å². The van der Waals surface area contributed by atoms with Gasteiger partial charge in [-0.25, -0.2) is 0 Å². The molecule has 57 heavy (non-hydrogen) atoms. The van der Waals surface area contributed by atoms with Crippen molar-refractivity contribution in [1.82, 2.24) is 0 Å². The molecule has 0 spiro atoms. The Morgan fingerprint density at radius 3 is 1.67 bits per heavy atom. The van der Waals surface area contributed by atoms with Gasteiger partial charge in [0, 0.05) is 6.42 Å². The molecule has 0 bridgehead atoms. The van der Waals surface area contributed by atoms with E-state index in [1.54, 1.807) is 6.08 Å². The molecular formula is C42H68O15. The second-order valence-electron chi connectivity index (χ2n) is 14.1. The predicted molar refractivity (Wildman–Crippen MR) is 210 cm³/mol. The molecule has 11 unspecified atom stereocenters. The monoisotopic (exact) mass is 812 g/mol. The number of allylic oxidation sites excluding steroid dienone is 9. The van der Waals surface area contributed by atoms with Crippen molar-refractivity contribution >= 4 is 11.9 Å². The van der Waals surface area contributed by atoms with Crippen molar-refractivity contribution < 1.29 is 73.8 Å². The highest BCUT2D eigenvalue weighted by Crippen LogP contribution is 2.26. The third kappa shape index (κ3) is 20.1. The summed E-state index contributed by atoms with van der Waals surface area (Å²) in [5.74, 6) is -1.09. The van der Waals surface area contributed by atoms with Crippen LogP contribution in [0.5, 0.6) is 0 Å². The van der Waals surface area contributed by atoms with Crippen LogP contribution in [0.25, 0.3) is 0 Å². The Kier molecular flexibility index (Phi) is 26.7. The highest BCUT2D eigenvalue weighted by Gasteiger charge is 2.47. The maximum Gasteiger partial charge on any atom is 0.310 e. The summed E-state index contributed by atoms with van der Waals surface area (Å²) in [6.07, 6.45) is 13.5. The van der Waals surface area contributed by atoms with E-state index in [2.05, 4.69) is 50.3 Å². The number of carbonyl (C=O) groups excluding carboxylic acids is 2. The zero-order valence-corrected chi connectivity index (χ0v) is 33.5. The molecule has 2 aliphatic heterocycles. The zero-order chi connectivity index (χ0) is 41.8. The molecule has 11 atom stereocenters. The molecule has 0 radical (unpaired) electrons. The first-order valence-corrected chi connectivity index (χ1v) is 20.4. The molecule has 15 nitrogen and oxygen atoms in total. The highest BCUT2D eigenvalue weighted by molar-refractivity contribution is 5.71. The van der Waals surface area contributed by atoms with Crippen LogP contribution in [0.15, 0.2) is 60.8 Å². The van der Waals surface area contributed by atoms with Crippen molar-refractivity contribution in [3.63, 3.8) is 0 Å². The predicted octanol–water partition coefficient (Wildman–Crippen LogP) is 2.97. The molecule has 2 aliphatic rings. The molecule has 326 valence electrons. The van der Waals surface area contributed by atoms with Crippen molar-refractivity contribution in [3.05, 3.63) is 60.8 Å². The molecule has 15 heteroatoms. The minimum atomic E-state index is -1.78. The molecule has 0 saturated carbocycles. The maximum atomic E-state index is 12.8. The minimum absolute atomic E-state index is 0.0689. The molecule has 2 heterocycles. The van der Waals surface area contributed by atoms with Gasteiger partial charge < -0.3 is 64.2 Å². The van der Waals surface area contributed by atoms with Crippen LogP contribution < -0.4 is 0 Å². The average molecular weight is 813 g/mol. The van der Waals surface area contributed by atoms with Crippen molar-refractivity contribution in [1.29, 1.82) is 0 Å². The van der Waals surface area contributed by atoms with Gasteiger partial charge in [0.2, 0.25) is 0 Å². The smallest absolute Gasteiger partial charge is 0.310 e. The van der Waals surface area contributed by atoms with Gasteiger partial charge in [0.15, 0.2) is 18.7 Å². The summed E-state index contributed by atoms with van der Waals surface area (Å²) in [4.78, 5) is 25.3. The second-order valence-corrected chi connectivity index (χ2v) is 14.1. The fourth-order valence-corrected chi connectivity index (χ4v) is 5.88. The lowest BCUT2D eigenvalue weighted by molar-refractivity contribution is -0.332. The average Bonchev–Trinajstić information content (AvgIpc) is 3.20. The molecule has 0 amide bonds. The van der Waals surface area contributed by atoms with Crippen LogP contribution in [0, 0.1) is 0 Å². The Morgan fingerprint density at radius 2 is 1.09 bits per heavy atom. The summed E-state index contributed by atoms with van der Waals surface area (Å²) in [6, 6.07) is 0. The number of rotatable bonds is 28. The molecule has 0 aromatic rings. The third-order valence-corrected chi connectivity index (χ3v) is 9.29. The van der Waals surface area contributed by atoms with Crippen LogP contribution in [0.1, 0.15) is 97.3 Å². The quantitative estimate of drug-likeness (QED) is 0.0342. The van der Waals surface area contributed by atoms with E-state index < -0.39 is 99.3 Å². The van der Waals surface area contributed by atoms with E-state index in [0.717, 1.165) is 57.8 Å². The number of unbranched alkanes of at least 4 members (excludes halogenated alkanes) is 5. The Hall–Kier alpha value is -2.80. The third-order valence-electron chi connectivity index (χ3n) is 9.29. The number of ether oxygens (including phenoxy) is 6. The normalized spacial score (nSPS) is 29.0. The molecule has 0 aromatic carbocycles. The Morgan fingerprint density at radius 1 is 0.579 bits per heavy atom. The van der Waals surface area contributed by atoms with Crippen molar-refractivity contribution in [2.45, 2.75) is 165 Å². The van der Waals surface area contributed by atoms with Crippen molar-refractivity contribution in [2.75, 3.05) is 26.4 Å². The standard InChI is InChI=1S/C42H68O15/c1-3-5-7-9-11-12-13-14-15-16-17-18-19-21-23-25-34(45)55-30(27-52-33(44)24-22-20-10-8-6-4-2)28-53-41-40(51)38(49)36(47)32(57-41)29-54-42-39(50)37(48)35(46)31(26-43)56-42/h5,7,11-12,14-15,17-18,21,23,30-32,35-43,46-51H,3-4,6,8-10,13,16,19-20,22,24-29H2,1-2H3/b7-5-,12-11-,15-14-,18-17-,23-21-. The van der Waals surface area contributed by atoms with Crippen LogP contribution in [0.3, 0.4) is 0 Å². The lowest BCUT2D eigenvalue weighted by Gasteiger charge is -2.42. The number of hydrogen-bond acceptors (Lipinski definition) is 15. The van der Waals surface area contributed by atoms with Crippen LogP contribution >= 0.6 is 0 Å². The van der Waals surface area contributed by atoms with Gasteiger partial charge in [-0.2, -0.15) is 0 Å². The topological polar surface area (TPSA) is 231 Å². The highest BCUT2D eigenvalue weighted by atomic mass is 16.7. The zero-order valence-electron chi connectivity index (χ0n) is 33.5. The van der Waals surface area contributed by atoms with Gasteiger partial charge in [-0.1, -0.05) is 107 Å². The van der Waals surface area contributed by atoms with Crippen LogP contribution in [-0.4, -0.2) is 142 Å². The van der Waals surface area contributed by atoms with Gasteiger partial charge >= 0.3 is 11.9 Å². The Labute approximate surface area is 337 Å². The number of esters is 2. The van der Waals surface area contributed by atoms with Crippen molar-refractivity contribution in [2.24, 2.45) is 0 Å². The summed E-state index contributed by atoms with van der Waals surface area (Å²) in [5, 5.41) is 71.5. The summed E-state index contributed by atoms with van der Waals surface area (Å²) < 4.78 is 33.1. The Balaban J connectivity index is 1.92. The van der Waals surface area contributed by atoms with E-state index in [4.69, 9.17) is 28.4 Å². The van der Waals surface area contributed by atoms with E-state index >= 15 is 0 Å². The van der Waals surface area contributed by atoms with Gasteiger partial charge in [-0.15, -0.1) is 0 Å². The summed E-state index contributed by atoms with van der Waals surface area (Å²) >= 11 is 0.